The van der Waals surface area contributed by atoms with E-state index >= 15 is 0 Å². The number of hydrogen-bond donors (Lipinski definition) is 2. The number of carbonyl (C=O) groups is 1. The summed E-state index contributed by atoms with van der Waals surface area (Å²) in [6.45, 7) is 6.05. The van der Waals surface area contributed by atoms with Crippen LogP contribution < -0.4 is 15.8 Å². The van der Waals surface area contributed by atoms with E-state index in [1.165, 1.54) is 12.2 Å². The number of hydrogen-bond acceptors (Lipinski definition) is 6. The molecule has 2 unspecified atom stereocenters. The van der Waals surface area contributed by atoms with Crippen LogP contribution in [0.5, 0.6) is 5.75 Å². The van der Waals surface area contributed by atoms with Gasteiger partial charge in [0.15, 0.2) is 17.8 Å². The average molecular weight is 445 g/mol. The van der Waals surface area contributed by atoms with Crippen molar-refractivity contribution in [2.75, 3.05) is 11.9 Å². The number of ether oxygens (including phenoxy) is 3. The van der Waals surface area contributed by atoms with Crippen LogP contribution in [0.15, 0.2) is 42.3 Å². The predicted octanol–water partition coefficient (Wildman–Crippen LogP) is 4.93. The standard InChI is InChI=1S/C23H29FN4O4/c1-22(2,3)32-21(29)27-17-13-18-15(14-26-28(18)20-6-4-5-11-30-20)12-19(17)31-16-7-9-23(24,25)10-8-16/h7-9,12-14,20H,4-6,10-11,25H2,1-3H3,(H,27,29). The third-order valence-corrected chi connectivity index (χ3v) is 5.13. The topological polar surface area (TPSA) is 101 Å². The number of nitrogens with zero attached hydrogens (tertiary/aromatic N) is 2. The van der Waals surface area contributed by atoms with Gasteiger partial charge in [0.1, 0.15) is 11.4 Å². The van der Waals surface area contributed by atoms with Gasteiger partial charge in [0.05, 0.1) is 17.4 Å². The first-order valence-electron chi connectivity index (χ1n) is 10.8. The molecule has 1 fully saturated rings. The van der Waals surface area contributed by atoms with Gasteiger partial charge in [-0.2, -0.15) is 5.10 Å². The Bertz CT molecular complexity index is 1060. The molecule has 1 amide bonds. The van der Waals surface area contributed by atoms with E-state index in [0.717, 1.165) is 30.2 Å². The van der Waals surface area contributed by atoms with Gasteiger partial charge in [-0.15, -0.1) is 0 Å². The van der Waals surface area contributed by atoms with Crippen molar-refractivity contribution in [3.63, 3.8) is 0 Å². The van der Waals surface area contributed by atoms with Crippen molar-refractivity contribution in [3.8, 4) is 5.75 Å². The van der Waals surface area contributed by atoms with Gasteiger partial charge in [-0.25, -0.2) is 13.9 Å². The predicted molar refractivity (Wildman–Crippen MR) is 119 cm³/mol. The van der Waals surface area contributed by atoms with Gasteiger partial charge in [-0.3, -0.25) is 11.1 Å². The summed E-state index contributed by atoms with van der Waals surface area (Å²) in [6.07, 6.45) is 8.21. The summed E-state index contributed by atoms with van der Waals surface area (Å²) in [6, 6.07) is 3.57. The van der Waals surface area contributed by atoms with E-state index in [9.17, 15) is 9.18 Å². The zero-order valence-electron chi connectivity index (χ0n) is 18.6. The fourth-order valence-electron chi connectivity index (χ4n) is 3.63. The second-order valence-electron chi connectivity index (χ2n) is 9.12. The van der Waals surface area contributed by atoms with E-state index in [1.807, 2.05) is 4.68 Å². The van der Waals surface area contributed by atoms with E-state index in [0.29, 0.717) is 23.8 Å². The van der Waals surface area contributed by atoms with Crippen molar-refractivity contribution >= 4 is 22.7 Å². The van der Waals surface area contributed by atoms with E-state index in [-0.39, 0.29) is 12.6 Å². The Morgan fingerprint density at radius 3 is 2.84 bits per heavy atom. The number of nitrogens with two attached hydrogens (primary N) is 1. The van der Waals surface area contributed by atoms with Gasteiger partial charge in [0.2, 0.25) is 0 Å². The minimum atomic E-state index is -1.89. The lowest BCUT2D eigenvalue weighted by Crippen LogP contribution is -2.32. The van der Waals surface area contributed by atoms with Crippen molar-refractivity contribution in [2.24, 2.45) is 5.73 Å². The van der Waals surface area contributed by atoms with Crippen LogP contribution in [0.25, 0.3) is 10.9 Å². The molecular formula is C23H29FN4O4. The number of alkyl halides is 1. The highest BCUT2D eigenvalue weighted by Gasteiger charge is 2.25. The molecular weight excluding hydrogens is 415 g/mol. The highest BCUT2D eigenvalue weighted by Crippen LogP contribution is 2.35. The number of anilines is 1. The molecule has 1 saturated heterocycles. The van der Waals surface area contributed by atoms with Crippen LogP contribution in [-0.4, -0.2) is 33.9 Å². The lowest BCUT2D eigenvalue weighted by Gasteiger charge is -2.24. The summed E-state index contributed by atoms with van der Waals surface area (Å²) in [4.78, 5) is 12.5. The van der Waals surface area contributed by atoms with Crippen molar-refractivity contribution in [1.29, 1.82) is 0 Å². The SMILES string of the molecule is CC(C)(C)OC(=O)Nc1cc2c(cnn2C2CCCCO2)cc1OC1=CCC(N)(F)C=C1. The molecule has 4 rings (SSSR count). The maximum absolute atomic E-state index is 13.9. The van der Waals surface area contributed by atoms with Crippen molar-refractivity contribution in [1.82, 2.24) is 9.78 Å². The summed E-state index contributed by atoms with van der Waals surface area (Å²) in [5.74, 6) is -1.08. The Hall–Kier alpha value is -2.91. The van der Waals surface area contributed by atoms with Gasteiger partial charge in [0, 0.05) is 18.4 Å². The van der Waals surface area contributed by atoms with E-state index in [1.54, 1.807) is 45.2 Å². The van der Waals surface area contributed by atoms with Gasteiger partial charge < -0.3 is 14.2 Å². The molecule has 32 heavy (non-hydrogen) atoms. The molecule has 2 aliphatic rings. The third kappa shape index (κ3) is 5.28. The van der Waals surface area contributed by atoms with Crippen molar-refractivity contribution in [2.45, 2.75) is 64.1 Å². The van der Waals surface area contributed by atoms with Crippen LogP contribution in [0.2, 0.25) is 0 Å². The highest BCUT2D eigenvalue weighted by atomic mass is 19.1. The second-order valence-corrected chi connectivity index (χ2v) is 9.12. The van der Waals surface area contributed by atoms with Crippen LogP contribution in [0.3, 0.4) is 0 Å². The monoisotopic (exact) mass is 444 g/mol. The number of carbonyl (C=O) groups excluding carboxylic acids is 1. The minimum Gasteiger partial charge on any atom is -0.456 e. The van der Waals surface area contributed by atoms with Crippen LogP contribution in [0.1, 0.15) is 52.7 Å². The number of allylic oxidation sites excluding steroid dienone is 1. The largest absolute Gasteiger partial charge is 0.456 e. The van der Waals surface area contributed by atoms with Crippen molar-refractivity contribution < 1.29 is 23.4 Å². The first-order valence-corrected chi connectivity index (χ1v) is 10.8. The van der Waals surface area contributed by atoms with Crippen LogP contribution in [0, 0.1) is 0 Å². The molecule has 1 aliphatic carbocycles. The van der Waals surface area contributed by atoms with Gasteiger partial charge in [-0.05, 0) is 70.4 Å². The first kappa shape index (κ1) is 22.3. The van der Waals surface area contributed by atoms with E-state index < -0.39 is 17.5 Å². The average Bonchev–Trinajstić information content (AvgIpc) is 3.11. The summed E-state index contributed by atoms with van der Waals surface area (Å²) >= 11 is 0. The molecule has 2 aromatic rings. The number of benzene rings is 1. The molecule has 172 valence electrons. The number of amides is 1. The molecule has 0 spiro atoms. The molecule has 2 heterocycles. The molecule has 3 N–H and O–H groups in total. The van der Waals surface area contributed by atoms with Crippen molar-refractivity contribution in [3.05, 3.63) is 42.3 Å². The molecule has 9 heteroatoms. The molecule has 0 saturated carbocycles. The zero-order valence-corrected chi connectivity index (χ0v) is 18.6. The smallest absolute Gasteiger partial charge is 0.412 e. The highest BCUT2D eigenvalue weighted by molar-refractivity contribution is 5.93. The number of aromatic nitrogens is 2. The lowest BCUT2D eigenvalue weighted by atomic mass is 10.1. The Morgan fingerprint density at radius 2 is 2.19 bits per heavy atom. The fourth-order valence-corrected chi connectivity index (χ4v) is 3.63. The van der Waals surface area contributed by atoms with Gasteiger partial charge in [0.25, 0.3) is 0 Å². The fraction of sp³-hybridized carbons (Fsp3) is 0.478. The maximum atomic E-state index is 13.9. The van der Waals surface area contributed by atoms with Gasteiger partial charge >= 0.3 is 6.09 Å². The zero-order chi connectivity index (χ0) is 22.9. The molecule has 8 nitrogen and oxygen atoms in total. The summed E-state index contributed by atoms with van der Waals surface area (Å²) in [5.41, 5.74) is 6.03. The molecule has 1 aliphatic heterocycles. The quantitative estimate of drug-likeness (QED) is 0.649. The summed E-state index contributed by atoms with van der Waals surface area (Å²) < 4.78 is 33.0. The molecule has 0 radical (unpaired) electrons. The Morgan fingerprint density at radius 1 is 1.38 bits per heavy atom. The van der Waals surface area contributed by atoms with Gasteiger partial charge in [-0.1, -0.05) is 0 Å². The van der Waals surface area contributed by atoms with E-state index in [4.69, 9.17) is 19.9 Å². The molecule has 1 aromatic heterocycles. The summed E-state index contributed by atoms with van der Waals surface area (Å²) in [7, 11) is 0. The molecule has 2 atom stereocenters. The van der Waals surface area contributed by atoms with Crippen LogP contribution in [0.4, 0.5) is 14.9 Å². The Kier molecular flexibility index (Phi) is 5.96. The number of nitrogens with one attached hydrogen (secondary N) is 1. The maximum Gasteiger partial charge on any atom is 0.412 e. The number of rotatable bonds is 4. The molecule has 1 aromatic carbocycles. The third-order valence-electron chi connectivity index (χ3n) is 5.13. The number of halogens is 1. The number of fused-ring (bicyclic) bond motifs is 1. The van der Waals surface area contributed by atoms with Crippen LogP contribution >= 0.6 is 0 Å². The van der Waals surface area contributed by atoms with E-state index in [2.05, 4.69) is 10.4 Å². The Labute approximate surface area is 186 Å². The lowest BCUT2D eigenvalue weighted by molar-refractivity contribution is -0.0366. The summed E-state index contributed by atoms with van der Waals surface area (Å²) in [5, 5.41) is 8.09. The normalized spacial score (nSPS) is 23.7. The second kappa shape index (κ2) is 8.55. The molecule has 0 bridgehead atoms. The minimum absolute atomic E-state index is 0.00709. The van der Waals surface area contributed by atoms with Crippen LogP contribution in [-0.2, 0) is 9.47 Å². The first-order chi connectivity index (χ1) is 15.1. The Balaban J connectivity index is 1.68.